The van der Waals surface area contributed by atoms with Gasteiger partial charge in [0.2, 0.25) is 0 Å². The minimum Gasteiger partial charge on any atom is -0.228 e. The van der Waals surface area contributed by atoms with E-state index in [1.807, 2.05) is 170 Å². The van der Waals surface area contributed by atoms with E-state index in [0.29, 0.717) is 46.6 Å². The summed E-state index contributed by atoms with van der Waals surface area (Å²) in [6.45, 7) is 0. The second-order valence-corrected chi connectivity index (χ2v) is 25.9. The first-order chi connectivity index (χ1) is 53.5. The molecule has 0 aliphatic rings. The molecule has 14 aromatic carbocycles. The van der Waals surface area contributed by atoms with Gasteiger partial charge in [-0.05, 0) is 74.8 Å². The maximum atomic E-state index is 5.05. The molecule has 0 saturated heterocycles. The van der Waals surface area contributed by atoms with E-state index in [9.17, 15) is 0 Å². The molecule has 0 amide bonds. The van der Waals surface area contributed by atoms with Gasteiger partial charge >= 0.3 is 0 Å². The van der Waals surface area contributed by atoms with E-state index in [0.717, 1.165) is 128 Å². The van der Waals surface area contributed by atoms with Crippen molar-refractivity contribution in [1.29, 1.82) is 0 Å². The summed E-state index contributed by atoms with van der Waals surface area (Å²) in [4.78, 5) is 49.9. The molecule has 10 heteroatoms. The standard InChI is InChI=1S/2C49H33N5/c1-5-15-34(16-6-1)40-23-13-25-42(31-40)48-52-47(39-21-11-4-12-22-39)53-49(54-48)43-26-14-24-41(32-43)35-27-29-37(30-28-35)45-33-44(36-17-7-2-8-18-36)50-46(51-45)38-19-9-3-10-20-38;1-5-14-34(15-6-1)35-26-30-41(31-27-35)48-52-47(40-20-11-4-12-21-40)53-49(54-48)43-23-13-22-42(32-43)36-24-28-38(29-25-36)45-33-44(37-16-7-2-8-17-37)50-46(51-45)39-18-9-3-10-19-39/h2*1-33H. The minimum atomic E-state index is 0.616. The fourth-order valence-corrected chi connectivity index (χ4v) is 13.1. The van der Waals surface area contributed by atoms with Crippen LogP contribution in [0, 0.1) is 0 Å². The summed E-state index contributed by atoms with van der Waals surface area (Å²) in [7, 11) is 0. The van der Waals surface area contributed by atoms with Crippen molar-refractivity contribution in [3.05, 3.63) is 400 Å². The average molecular weight is 1380 g/mol. The molecular weight excluding hydrogens is 1320 g/mol. The van der Waals surface area contributed by atoms with Gasteiger partial charge in [0, 0.05) is 66.8 Å². The van der Waals surface area contributed by atoms with Crippen LogP contribution in [0.4, 0.5) is 0 Å². The highest BCUT2D eigenvalue weighted by Gasteiger charge is 2.19. The molecule has 18 aromatic rings. The largest absolute Gasteiger partial charge is 0.228 e. The lowest BCUT2D eigenvalue weighted by Crippen LogP contribution is -2.00. The number of hydrogen-bond acceptors (Lipinski definition) is 10. The van der Waals surface area contributed by atoms with Gasteiger partial charge < -0.3 is 0 Å². The lowest BCUT2D eigenvalue weighted by atomic mass is 10.00. The maximum Gasteiger partial charge on any atom is 0.164 e. The Hall–Kier alpha value is -14.7. The summed E-state index contributed by atoms with van der Waals surface area (Å²) in [5.74, 6) is 5.14. The van der Waals surface area contributed by atoms with Crippen LogP contribution in [0.25, 0.3) is 181 Å². The Balaban J connectivity index is 0.000000158. The lowest BCUT2D eigenvalue weighted by Gasteiger charge is -2.11. The van der Waals surface area contributed by atoms with Crippen LogP contribution in [0.5, 0.6) is 0 Å². The zero-order chi connectivity index (χ0) is 72.2. The van der Waals surface area contributed by atoms with E-state index in [2.05, 4.69) is 231 Å². The number of aromatic nitrogens is 10. The third-order valence-corrected chi connectivity index (χ3v) is 18.7. The molecule has 0 bridgehead atoms. The summed E-state index contributed by atoms with van der Waals surface area (Å²) < 4.78 is 0. The minimum absolute atomic E-state index is 0.616. The Bertz CT molecular complexity index is 5990. The first kappa shape index (κ1) is 66.5. The predicted octanol–water partition coefficient (Wildman–Crippen LogP) is 24.0. The molecule has 4 aromatic heterocycles. The molecule has 0 N–H and O–H groups in total. The topological polar surface area (TPSA) is 129 Å². The smallest absolute Gasteiger partial charge is 0.164 e. The molecular formula is C98H66N10. The highest BCUT2D eigenvalue weighted by atomic mass is 15.0. The van der Waals surface area contributed by atoms with Gasteiger partial charge in [-0.3, -0.25) is 0 Å². The molecule has 0 radical (unpaired) electrons. The zero-order valence-electron chi connectivity index (χ0n) is 58.6. The van der Waals surface area contributed by atoms with Crippen LogP contribution in [0.1, 0.15) is 0 Å². The first-order valence-corrected chi connectivity index (χ1v) is 35.8. The van der Waals surface area contributed by atoms with Crippen LogP contribution in [0.3, 0.4) is 0 Å². The Morgan fingerprint density at radius 1 is 0.0926 bits per heavy atom. The van der Waals surface area contributed by atoms with Crippen molar-refractivity contribution in [2.45, 2.75) is 0 Å². The van der Waals surface area contributed by atoms with E-state index in [-0.39, 0.29) is 0 Å². The van der Waals surface area contributed by atoms with Crippen molar-refractivity contribution in [3.63, 3.8) is 0 Å². The molecule has 0 unspecified atom stereocenters. The van der Waals surface area contributed by atoms with E-state index in [1.165, 1.54) is 5.56 Å². The monoisotopic (exact) mass is 1380 g/mol. The van der Waals surface area contributed by atoms with E-state index in [4.69, 9.17) is 49.8 Å². The molecule has 4 heterocycles. The Morgan fingerprint density at radius 2 is 0.241 bits per heavy atom. The molecule has 0 fully saturated rings. The molecule has 0 spiro atoms. The van der Waals surface area contributed by atoms with Gasteiger partial charge in [0.25, 0.3) is 0 Å². The van der Waals surface area contributed by atoms with Crippen molar-refractivity contribution in [2.24, 2.45) is 0 Å². The van der Waals surface area contributed by atoms with Crippen molar-refractivity contribution in [3.8, 4) is 181 Å². The molecule has 18 rings (SSSR count). The second kappa shape index (κ2) is 31.1. The number of hydrogen-bond donors (Lipinski definition) is 0. The molecule has 0 saturated carbocycles. The maximum absolute atomic E-state index is 5.05. The van der Waals surface area contributed by atoms with Crippen LogP contribution in [0.15, 0.2) is 400 Å². The number of benzene rings is 14. The summed E-state index contributed by atoms with van der Waals surface area (Å²) in [5.41, 5.74) is 24.0. The van der Waals surface area contributed by atoms with Crippen molar-refractivity contribution in [2.75, 3.05) is 0 Å². The molecule has 108 heavy (non-hydrogen) atoms. The second-order valence-electron chi connectivity index (χ2n) is 25.9. The average Bonchev–Trinajstić information content (AvgIpc) is 0.799. The van der Waals surface area contributed by atoms with Gasteiger partial charge in [-0.2, -0.15) is 0 Å². The summed E-state index contributed by atoms with van der Waals surface area (Å²) in [5, 5.41) is 0. The van der Waals surface area contributed by atoms with E-state index >= 15 is 0 Å². The van der Waals surface area contributed by atoms with Gasteiger partial charge in [0.15, 0.2) is 46.6 Å². The lowest BCUT2D eigenvalue weighted by molar-refractivity contribution is 1.07. The quantitative estimate of drug-likeness (QED) is 0.0922. The zero-order valence-corrected chi connectivity index (χ0v) is 58.6. The number of rotatable bonds is 16. The molecule has 0 aliphatic carbocycles. The SMILES string of the molecule is c1ccc(-c2ccc(-c3nc(-c4ccccc4)nc(-c4cccc(-c5ccc(-c6cc(-c7ccccc7)nc(-c7ccccc7)n6)cc5)c4)n3)cc2)cc1.c1ccc(-c2cccc(-c3nc(-c4ccccc4)nc(-c4cccc(-c5ccc(-c6cc(-c7ccccc7)nc(-c7ccccc7)n6)cc5)c4)n3)c2)cc1. The molecule has 508 valence electrons. The van der Waals surface area contributed by atoms with E-state index in [1.54, 1.807) is 0 Å². The van der Waals surface area contributed by atoms with Crippen molar-refractivity contribution in [1.82, 2.24) is 49.8 Å². The predicted molar refractivity (Wildman–Crippen MR) is 438 cm³/mol. The normalized spacial score (nSPS) is 11.0. The summed E-state index contributed by atoms with van der Waals surface area (Å²) in [6, 6.07) is 136. The fraction of sp³-hybridized carbons (Fsp3) is 0. The van der Waals surface area contributed by atoms with Gasteiger partial charge in [-0.15, -0.1) is 0 Å². The summed E-state index contributed by atoms with van der Waals surface area (Å²) >= 11 is 0. The van der Waals surface area contributed by atoms with Crippen molar-refractivity contribution >= 4 is 0 Å². The Labute approximate surface area is 627 Å². The third kappa shape index (κ3) is 15.2. The van der Waals surface area contributed by atoms with Gasteiger partial charge in [-0.25, -0.2) is 49.8 Å². The van der Waals surface area contributed by atoms with Crippen LogP contribution in [0.2, 0.25) is 0 Å². The van der Waals surface area contributed by atoms with Crippen LogP contribution in [-0.4, -0.2) is 49.8 Å². The van der Waals surface area contributed by atoms with Gasteiger partial charge in [0.05, 0.1) is 22.8 Å². The van der Waals surface area contributed by atoms with Gasteiger partial charge in [-0.1, -0.05) is 370 Å². The fourth-order valence-electron chi connectivity index (χ4n) is 13.1. The van der Waals surface area contributed by atoms with E-state index < -0.39 is 0 Å². The highest BCUT2D eigenvalue weighted by Crippen LogP contribution is 2.36. The summed E-state index contributed by atoms with van der Waals surface area (Å²) in [6.07, 6.45) is 0. The molecule has 10 nitrogen and oxygen atoms in total. The third-order valence-electron chi connectivity index (χ3n) is 18.7. The first-order valence-electron chi connectivity index (χ1n) is 35.8. The van der Waals surface area contributed by atoms with Crippen LogP contribution < -0.4 is 0 Å². The van der Waals surface area contributed by atoms with Crippen molar-refractivity contribution < 1.29 is 0 Å². The Kier molecular flexibility index (Phi) is 19.1. The molecule has 0 atom stereocenters. The highest BCUT2D eigenvalue weighted by molar-refractivity contribution is 5.81. The van der Waals surface area contributed by atoms with Gasteiger partial charge in [0.1, 0.15) is 0 Å². The molecule has 0 aliphatic heterocycles. The number of nitrogens with zero attached hydrogens (tertiary/aromatic N) is 10. The Morgan fingerprint density at radius 3 is 0.509 bits per heavy atom. The van der Waals surface area contributed by atoms with Crippen LogP contribution >= 0.6 is 0 Å². The van der Waals surface area contributed by atoms with Crippen LogP contribution in [-0.2, 0) is 0 Å².